The first kappa shape index (κ1) is 26.2. The Labute approximate surface area is 200 Å². The van der Waals surface area contributed by atoms with Crippen molar-refractivity contribution in [3.8, 4) is 5.75 Å². The zero-order valence-electron chi connectivity index (χ0n) is 18.1. The van der Waals surface area contributed by atoms with Gasteiger partial charge in [-0.25, -0.2) is 4.99 Å². The smallest absolute Gasteiger partial charge is 0.251 e. The number of para-hydroxylation sites is 1. The summed E-state index contributed by atoms with van der Waals surface area (Å²) in [7, 11) is 3.63. The van der Waals surface area contributed by atoms with Crippen molar-refractivity contribution < 1.29 is 14.3 Å². The minimum Gasteiger partial charge on any atom is -0.496 e. The molecule has 0 heterocycles. The monoisotopic (exact) mass is 539 g/mol. The molecule has 0 aliphatic heterocycles. The molecule has 2 aromatic rings. The van der Waals surface area contributed by atoms with E-state index in [-0.39, 0.29) is 36.4 Å². The molecule has 0 aliphatic carbocycles. The van der Waals surface area contributed by atoms with Crippen LogP contribution in [0.4, 0.5) is 0 Å². The molecular weight excluding hydrogens is 509 g/mol. The van der Waals surface area contributed by atoms with Crippen LogP contribution in [-0.2, 0) is 17.9 Å². The number of rotatable bonds is 9. The third-order valence-corrected chi connectivity index (χ3v) is 4.35. The normalized spacial score (nSPS) is 10.6. The highest BCUT2D eigenvalue weighted by Crippen LogP contribution is 2.18. The first-order chi connectivity index (χ1) is 14.4. The topological polar surface area (TPSA) is 109 Å². The van der Waals surface area contributed by atoms with E-state index < -0.39 is 5.91 Å². The number of hydrogen-bond acceptors (Lipinski definition) is 4. The largest absolute Gasteiger partial charge is 0.496 e. The molecule has 0 unspecified atom stereocenters. The molecule has 8 nitrogen and oxygen atoms in total. The van der Waals surface area contributed by atoms with Gasteiger partial charge in [0.05, 0.1) is 20.2 Å². The predicted octanol–water partition coefficient (Wildman–Crippen LogP) is 2.13. The van der Waals surface area contributed by atoms with E-state index in [9.17, 15) is 9.59 Å². The first-order valence-corrected chi connectivity index (χ1v) is 9.71. The fourth-order valence-corrected chi connectivity index (χ4v) is 2.83. The molecule has 0 saturated carbocycles. The molecule has 2 amide bonds. The summed E-state index contributed by atoms with van der Waals surface area (Å²) in [6.45, 7) is 3.69. The van der Waals surface area contributed by atoms with Crippen molar-refractivity contribution in [1.29, 1.82) is 0 Å². The van der Waals surface area contributed by atoms with Crippen LogP contribution in [0.2, 0.25) is 0 Å². The third kappa shape index (κ3) is 8.44. The lowest BCUT2D eigenvalue weighted by Gasteiger charge is -2.23. The maximum Gasteiger partial charge on any atom is 0.251 e. The van der Waals surface area contributed by atoms with Crippen molar-refractivity contribution in [2.24, 2.45) is 10.7 Å². The van der Waals surface area contributed by atoms with Gasteiger partial charge < -0.3 is 26.0 Å². The number of methoxy groups -OCH3 is 1. The van der Waals surface area contributed by atoms with Crippen LogP contribution in [0.3, 0.4) is 0 Å². The number of hydrogen-bond donors (Lipinski definition) is 3. The Morgan fingerprint density at radius 2 is 1.77 bits per heavy atom. The Kier molecular flexibility index (Phi) is 11.4. The molecule has 0 bridgehead atoms. The maximum absolute atomic E-state index is 12.0. The number of amides is 2. The second-order valence-corrected chi connectivity index (χ2v) is 6.68. The summed E-state index contributed by atoms with van der Waals surface area (Å²) < 4.78 is 5.43. The highest BCUT2D eigenvalue weighted by molar-refractivity contribution is 14.0. The van der Waals surface area contributed by atoms with Crippen LogP contribution in [0.1, 0.15) is 28.4 Å². The number of carbonyl (C=O) groups excluding carboxylic acids is 2. The lowest BCUT2D eigenvalue weighted by molar-refractivity contribution is -0.117. The van der Waals surface area contributed by atoms with E-state index in [4.69, 9.17) is 15.5 Å². The van der Waals surface area contributed by atoms with E-state index in [1.807, 2.05) is 55.3 Å². The summed E-state index contributed by atoms with van der Waals surface area (Å²) in [5.74, 6) is 0.688. The van der Waals surface area contributed by atoms with E-state index in [0.717, 1.165) is 29.4 Å². The zero-order valence-corrected chi connectivity index (χ0v) is 20.4. The molecule has 2 aromatic carbocycles. The average molecular weight is 539 g/mol. The van der Waals surface area contributed by atoms with Gasteiger partial charge in [-0.1, -0.05) is 30.3 Å². The standard InChI is InChI=1S/C22H29N5O3.HI/c1-4-24-22(27(2)15-18-7-5-6-8-19(18)30-3)26-13-16-9-11-17(12-10-16)21(29)25-14-20(23)28;/h5-12H,4,13-15H2,1-3H3,(H2,23,28)(H,24,26)(H,25,29);1H. The summed E-state index contributed by atoms with van der Waals surface area (Å²) >= 11 is 0. The van der Waals surface area contributed by atoms with Crippen molar-refractivity contribution in [2.45, 2.75) is 20.0 Å². The number of carbonyl (C=O) groups is 2. The summed E-state index contributed by atoms with van der Waals surface area (Å²) in [5.41, 5.74) is 7.53. The van der Waals surface area contributed by atoms with Crippen molar-refractivity contribution in [1.82, 2.24) is 15.5 Å². The molecule has 31 heavy (non-hydrogen) atoms. The fraction of sp³-hybridized carbons (Fsp3) is 0.318. The van der Waals surface area contributed by atoms with Crippen molar-refractivity contribution in [3.05, 3.63) is 65.2 Å². The predicted molar refractivity (Wildman–Crippen MR) is 133 cm³/mol. The number of nitrogens with one attached hydrogen (secondary N) is 2. The third-order valence-electron chi connectivity index (χ3n) is 4.35. The molecule has 0 saturated heterocycles. The highest BCUT2D eigenvalue weighted by Gasteiger charge is 2.10. The lowest BCUT2D eigenvalue weighted by atomic mass is 10.1. The molecule has 2 rings (SSSR count). The number of nitrogens with two attached hydrogens (primary N) is 1. The summed E-state index contributed by atoms with van der Waals surface area (Å²) in [4.78, 5) is 29.5. The van der Waals surface area contributed by atoms with Gasteiger partial charge in [0.1, 0.15) is 5.75 Å². The Balaban J connectivity index is 0.00000480. The molecule has 4 N–H and O–H groups in total. The van der Waals surface area contributed by atoms with E-state index >= 15 is 0 Å². The van der Waals surface area contributed by atoms with E-state index in [2.05, 4.69) is 10.6 Å². The summed E-state index contributed by atoms with van der Waals surface area (Å²) in [6.07, 6.45) is 0. The molecule has 0 fully saturated rings. The maximum atomic E-state index is 12.0. The Bertz CT molecular complexity index is 887. The number of ether oxygens (including phenoxy) is 1. The van der Waals surface area contributed by atoms with Crippen molar-refractivity contribution in [2.75, 3.05) is 27.2 Å². The SMILES string of the molecule is CCNC(=NCc1ccc(C(=O)NCC(N)=O)cc1)N(C)Cc1ccccc1OC.I. The fourth-order valence-electron chi connectivity index (χ4n) is 2.83. The number of aliphatic imine (C=N–C) groups is 1. The van der Waals surface area contributed by atoms with Crippen molar-refractivity contribution in [3.63, 3.8) is 0 Å². The van der Waals surface area contributed by atoms with Crippen LogP contribution < -0.4 is 21.1 Å². The molecule has 0 radical (unpaired) electrons. The van der Waals surface area contributed by atoms with Gasteiger partial charge in [0.15, 0.2) is 5.96 Å². The van der Waals surface area contributed by atoms with E-state index in [1.54, 1.807) is 19.2 Å². The molecular formula is C22H30IN5O3. The summed E-state index contributed by atoms with van der Waals surface area (Å²) in [6, 6.07) is 15.0. The van der Waals surface area contributed by atoms with Gasteiger partial charge in [0.2, 0.25) is 5.91 Å². The highest BCUT2D eigenvalue weighted by atomic mass is 127. The Morgan fingerprint density at radius 3 is 2.39 bits per heavy atom. The number of nitrogens with zero attached hydrogens (tertiary/aromatic N) is 2. The van der Waals surface area contributed by atoms with Gasteiger partial charge in [-0.15, -0.1) is 24.0 Å². The lowest BCUT2D eigenvalue weighted by Crippen LogP contribution is -2.38. The number of benzene rings is 2. The Hall–Kier alpha value is -2.82. The average Bonchev–Trinajstić information content (AvgIpc) is 2.75. The molecule has 0 atom stereocenters. The van der Waals surface area contributed by atoms with E-state index in [1.165, 1.54) is 0 Å². The minimum absolute atomic E-state index is 0. The molecule has 0 spiro atoms. The van der Waals surface area contributed by atoms with Crippen molar-refractivity contribution >= 4 is 41.8 Å². The van der Waals surface area contributed by atoms with Gasteiger partial charge in [-0.3, -0.25) is 9.59 Å². The van der Waals surface area contributed by atoms with Gasteiger partial charge in [-0.2, -0.15) is 0 Å². The molecule has 168 valence electrons. The first-order valence-electron chi connectivity index (χ1n) is 9.71. The second-order valence-electron chi connectivity index (χ2n) is 6.68. The molecule has 0 aliphatic rings. The van der Waals surface area contributed by atoms with Crippen LogP contribution in [0, 0.1) is 0 Å². The van der Waals surface area contributed by atoms with Crippen LogP contribution in [0.25, 0.3) is 0 Å². The van der Waals surface area contributed by atoms with Gasteiger partial charge in [0, 0.05) is 31.3 Å². The van der Waals surface area contributed by atoms with Gasteiger partial charge in [-0.05, 0) is 30.7 Å². The van der Waals surface area contributed by atoms with E-state index in [0.29, 0.717) is 18.7 Å². The molecule has 9 heteroatoms. The van der Waals surface area contributed by atoms with Crippen LogP contribution in [-0.4, -0.2) is 49.9 Å². The number of halogens is 1. The quantitative estimate of drug-likeness (QED) is 0.257. The Morgan fingerprint density at radius 1 is 1.10 bits per heavy atom. The second kappa shape index (κ2) is 13.5. The van der Waals surface area contributed by atoms with Crippen LogP contribution in [0.5, 0.6) is 5.75 Å². The number of guanidine groups is 1. The zero-order chi connectivity index (χ0) is 21.9. The van der Waals surface area contributed by atoms with Gasteiger partial charge >= 0.3 is 0 Å². The number of primary amides is 1. The minimum atomic E-state index is -0.581. The summed E-state index contributed by atoms with van der Waals surface area (Å²) in [5, 5.41) is 5.76. The van der Waals surface area contributed by atoms with Gasteiger partial charge in [0.25, 0.3) is 5.91 Å². The van der Waals surface area contributed by atoms with Crippen LogP contribution >= 0.6 is 24.0 Å². The molecule has 0 aromatic heterocycles. The van der Waals surface area contributed by atoms with Crippen LogP contribution in [0.15, 0.2) is 53.5 Å².